The van der Waals surface area contributed by atoms with Gasteiger partial charge in [-0.2, -0.15) is 0 Å². The Bertz CT molecular complexity index is 1090. The van der Waals surface area contributed by atoms with E-state index in [2.05, 4.69) is 11.9 Å². The fourth-order valence-corrected chi connectivity index (χ4v) is 4.75. The molecule has 1 saturated carbocycles. The van der Waals surface area contributed by atoms with Crippen LogP contribution in [0.4, 0.5) is 4.39 Å². The first-order valence-corrected chi connectivity index (χ1v) is 10.8. The number of halogens is 2. The minimum atomic E-state index is -0.615. The number of H-pyrrole nitrogens is 1. The Kier molecular flexibility index (Phi) is 5.85. The molecule has 1 atom stereocenters. The number of aromatic amines is 1. The average Bonchev–Trinajstić information content (AvgIpc) is 2.75. The normalized spacial score (nSPS) is 22.7. The Morgan fingerprint density at radius 2 is 1.93 bits per heavy atom. The van der Waals surface area contributed by atoms with Gasteiger partial charge in [0.1, 0.15) is 17.2 Å². The molecule has 0 aliphatic heterocycles. The maximum absolute atomic E-state index is 13.6. The lowest BCUT2D eigenvalue weighted by molar-refractivity contribution is 0.00753. The summed E-state index contributed by atoms with van der Waals surface area (Å²) in [7, 11) is 0. The fourth-order valence-electron chi connectivity index (χ4n) is 4.55. The molecule has 2 aromatic carbocycles. The Labute approximate surface area is 180 Å². The molecule has 0 unspecified atom stereocenters. The van der Waals surface area contributed by atoms with E-state index >= 15 is 0 Å². The van der Waals surface area contributed by atoms with Crippen LogP contribution in [0, 0.1) is 11.7 Å². The lowest BCUT2D eigenvalue weighted by atomic mass is 9.72. The van der Waals surface area contributed by atoms with Crippen LogP contribution in [0.2, 0.25) is 5.02 Å². The predicted octanol–water partition coefficient (Wildman–Crippen LogP) is 5.52. The molecule has 0 radical (unpaired) electrons. The van der Waals surface area contributed by atoms with Gasteiger partial charge in [0.15, 0.2) is 0 Å². The summed E-state index contributed by atoms with van der Waals surface area (Å²) in [5.74, 6) is 0.689. The summed E-state index contributed by atoms with van der Waals surface area (Å²) in [5, 5.41) is 1.66. The minimum Gasteiger partial charge on any atom is -0.481 e. The van der Waals surface area contributed by atoms with E-state index in [4.69, 9.17) is 22.1 Å². The molecule has 3 aromatic rings. The molecule has 4 rings (SSSR count). The van der Waals surface area contributed by atoms with Gasteiger partial charge in [-0.05, 0) is 79.3 Å². The molecular formula is C24H26ClFN2O2. The highest BCUT2D eigenvalue weighted by Crippen LogP contribution is 2.45. The number of nitrogens with one attached hydrogen (secondary N) is 1. The molecule has 0 bridgehead atoms. The molecule has 6 heteroatoms. The third-order valence-electron chi connectivity index (χ3n) is 6.42. The van der Waals surface area contributed by atoms with Crippen molar-refractivity contribution >= 4 is 22.4 Å². The van der Waals surface area contributed by atoms with E-state index in [-0.39, 0.29) is 17.4 Å². The smallest absolute Gasteiger partial charge is 0.255 e. The van der Waals surface area contributed by atoms with Crippen molar-refractivity contribution in [1.29, 1.82) is 0 Å². The lowest BCUT2D eigenvalue weighted by Gasteiger charge is -2.42. The second-order valence-corrected chi connectivity index (χ2v) is 8.60. The summed E-state index contributed by atoms with van der Waals surface area (Å²) in [6, 6.07) is 11.9. The molecule has 0 saturated heterocycles. The molecule has 30 heavy (non-hydrogen) atoms. The quantitative estimate of drug-likeness (QED) is 0.562. The van der Waals surface area contributed by atoms with Gasteiger partial charge < -0.3 is 15.5 Å². The van der Waals surface area contributed by atoms with Crippen LogP contribution in [0.1, 0.15) is 44.6 Å². The van der Waals surface area contributed by atoms with Crippen molar-refractivity contribution < 1.29 is 9.13 Å². The van der Waals surface area contributed by atoms with E-state index in [1.54, 1.807) is 24.4 Å². The molecule has 1 fully saturated rings. The van der Waals surface area contributed by atoms with E-state index < -0.39 is 5.60 Å². The van der Waals surface area contributed by atoms with E-state index in [0.29, 0.717) is 22.1 Å². The van der Waals surface area contributed by atoms with Crippen LogP contribution in [-0.2, 0) is 5.60 Å². The number of fused-ring (bicyclic) bond motifs is 1. The molecule has 1 aliphatic rings. The van der Waals surface area contributed by atoms with E-state index in [1.165, 1.54) is 12.1 Å². The van der Waals surface area contributed by atoms with Gasteiger partial charge in [0.05, 0.1) is 5.02 Å². The number of hydrogen-bond acceptors (Lipinski definition) is 3. The van der Waals surface area contributed by atoms with E-state index in [1.807, 2.05) is 12.1 Å². The molecular weight excluding hydrogens is 403 g/mol. The molecule has 1 aromatic heterocycles. The summed E-state index contributed by atoms with van der Waals surface area (Å²) >= 11 is 6.51. The first-order chi connectivity index (χ1) is 14.4. The van der Waals surface area contributed by atoms with Gasteiger partial charge in [-0.3, -0.25) is 4.79 Å². The van der Waals surface area contributed by atoms with E-state index in [9.17, 15) is 9.18 Å². The van der Waals surface area contributed by atoms with Crippen LogP contribution in [0.3, 0.4) is 0 Å². The average molecular weight is 429 g/mol. The van der Waals surface area contributed by atoms with Crippen molar-refractivity contribution in [2.45, 2.75) is 50.7 Å². The first-order valence-electron chi connectivity index (χ1n) is 10.4. The zero-order valence-corrected chi connectivity index (χ0v) is 17.7. The number of rotatable bonds is 5. The van der Waals surface area contributed by atoms with Crippen molar-refractivity contribution in [3.8, 4) is 5.75 Å². The number of benzene rings is 2. The topological polar surface area (TPSA) is 68.1 Å². The van der Waals surface area contributed by atoms with Crippen molar-refractivity contribution in [2.75, 3.05) is 0 Å². The largest absolute Gasteiger partial charge is 0.481 e. The Hall–Kier alpha value is -2.37. The van der Waals surface area contributed by atoms with Gasteiger partial charge >= 0.3 is 0 Å². The highest BCUT2D eigenvalue weighted by Gasteiger charge is 2.40. The maximum atomic E-state index is 13.6. The van der Waals surface area contributed by atoms with Gasteiger partial charge in [-0.1, -0.05) is 30.7 Å². The summed E-state index contributed by atoms with van der Waals surface area (Å²) in [6.07, 6.45) is 5.94. The fraction of sp³-hybridized carbons (Fsp3) is 0.375. The van der Waals surface area contributed by atoms with Crippen LogP contribution < -0.4 is 16.0 Å². The van der Waals surface area contributed by atoms with E-state index in [0.717, 1.165) is 43.1 Å². The second kappa shape index (κ2) is 8.40. The zero-order valence-electron chi connectivity index (χ0n) is 17.0. The molecule has 3 N–H and O–H groups in total. The summed E-state index contributed by atoms with van der Waals surface area (Å²) < 4.78 is 20.2. The first kappa shape index (κ1) is 20.9. The zero-order chi connectivity index (χ0) is 21.3. The summed E-state index contributed by atoms with van der Waals surface area (Å²) in [4.78, 5) is 14.7. The van der Waals surface area contributed by atoms with Crippen LogP contribution >= 0.6 is 11.6 Å². The summed E-state index contributed by atoms with van der Waals surface area (Å²) in [5.41, 5.74) is 6.42. The Balaban J connectivity index is 1.72. The lowest BCUT2D eigenvalue weighted by Crippen LogP contribution is -2.41. The second-order valence-electron chi connectivity index (χ2n) is 8.19. The standard InChI is InChI=1S/C24H26ClFN2O2/c1-2-21(27)15-7-10-24(11-8-15,17-3-5-18(26)6-4-17)30-22-13-16-9-12-28-23(29)19(16)14-20(22)25/h3-6,9,12-15,21H,2,7-8,10-11,27H2,1H3,(H,28,29)/t15?,21-,24?/m1/s1. The van der Waals surface area contributed by atoms with Gasteiger partial charge in [0.2, 0.25) is 0 Å². The van der Waals surface area contributed by atoms with Crippen molar-refractivity contribution in [3.63, 3.8) is 0 Å². The molecule has 1 aliphatic carbocycles. The van der Waals surface area contributed by atoms with Crippen molar-refractivity contribution in [1.82, 2.24) is 4.98 Å². The SMILES string of the molecule is CC[C@@H](N)C1CCC(Oc2cc3cc[nH]c(=O)c3cc2Cl)(c2ccc(F)cc2)CC1. The Morgan fingerprint density at radius 3 is 2.60 bits per heavy atom. The van der Waals surface area contributed by atoms with Crippen LogP contribution in [0.5, 0.6) is 5.75 Å². The molecule has 0 amide bonds. The van der Waals surface area contributed by atoms with Crippen LogP contribution in [-0.4, -0.2) is 11.0 Å². The third-order valence-corrected chi connectivity index (χ3v) is 6.71. The van der Waals surface area contributed by atoms with Gasteiger partial charge in [0, 0.05) is 17.6 Å². The monoisotopic (exact) mass is 428 g/mol. The molecule has 4 nitrogen and oxygen atoms in total. The van der Waals surface area contributed by atoms with Gasteiger partial charge in [-0.15, -0.1) is 0 Å². The van der Waals surface area contributed by atoms with Crippen LogP contribution in [0.25, 0.3) is 10.8 Å². The number of pyridine rings is 1. The predicted molar refractivity (Wildman–Crippen MR) is 119 cm³/mol. The number of hydrogen-bond donors (Lipinski definition) is 2. The highest BCUT2D eigenvalue weighted by atomic mass is 35.5. The molecule has 1 heterocycles. The number of aromatic nitrogens is 1. The number of nitrogens with two attached hydrogens (primary N) is 1. The third kappa shape index (κ3) is 3.96. The van der Waals surface area contributed by atoms with Crippen molar-refractivity contribution in [3.05, 3.63) is 75.4 Å². The summed E-state index contributed by atoms with van der Waals surface area (Å²) in [6.45, 7) is 2.11. The molecule has 158 valence electrons. The van der Waals surface area contributed by atoms with Crippen molar-refractivity contribution in [2.24, 2.45) is 11.7 Å². The maximum Gasteiger partial charge on any atom is 0.255 e. The highest BCUT2D eigenvalue weighted by molar-refractivity contribution is 6.32. The molecule has 0 spiro atoms. The Morgan fingerprint density at radius 1 is 1.23 bits per heavy atom. The number of ether oxygens (including phenoxy) is 1. The van der Waals surface area contributed by atoms with Gasteiger partial charge in [0.25, 0.3) is 5.56 Å². The van der Waals surface area contributed by atoms with Gasteiger partial charge in [-0.25, -0.2) is 4.39 Å². The van der Waals surface area contributed by atoms with Crippen LogP contribution in [0.15, 0.2) is 53.5 Å². The minimum absolute atomic E-state index is 0.173.